The van der Waals surface area contributed by atoms with E-state index in [1.807, 2.05) is 6.20 Å². The lowest BCUT2D eigenvalue weighted by Gasteiger charge is -2.32. The van der Waals surface area contributed by atoms with Gasteiger partial charge in [0.2, 0.25) is 0 Å². The molecule has 1 N–H and O–H groups in total. The van der Waals surface area contributed by atoms with E-state index in [2.05, 4.69) is 48.1 Å². The summed E-state index contributed by atoms with van der Waals surface area (Å²) < 4.78 is 0. The van der Waals surface area contributed by atoms with Gasteiger partial charge in [0.15, 0.2) is 0 Å². The second-order valence-corrected chi connectivity index (χ2v) is 6.22. The maximum absolute atomic E-state index is 4.46. The van der Waals surface area contributed by atoms with Crippen LogP contribution < -0.4 is 10.2 Å². The third-order valence-electron chi connectivity index (χ3n) is 3.68. The Hall–Kier alpha value is -1.09. The number of nitrogens with zero attached hydrogens (tertiary/aromatic N) is 2. The molecule has 3 heteroatoms. The molecule has 0 radical (unpaired) electrons. The number of pyridine rings is 1. The van der Waals surface area contributed by atoms with Gasteiger partial charge in [0.1, 0.15) is 0 Å². The lowest BCUT2D eigenvalue weighted by Crippen LogP contribution is -2.34. The summed E-state index contributed by atoms with van der Waals surface area (Å²) in [6.45, 7) is 11.1. The maximum Gasteiger partial charge on any atom is 0.0562 e. The summed E-state index contributed by atoms with van der Waals surface area (Å²) >= 11 is 0. The van der Waals surface area contributed by atoms with Gasteiger partial charge in [-0.2, -0.15) is 0 Å². The molecule has 3 nitrogen and oxygen atoms in total. The molecule has 0 saturated carbocycles. The molecule has 1 unspecified atom stereocenters. The fourth-order valence-corrected chi connectivity index (χ4v) is 2.67. The van der Waals surface area contributed by atoms with Gasteiger partial charge in [-0.1, -0.05) is 20.8 Å². The van der Waals surface area contributed by atoms with Crippen LogP contribution in [0.15, 0.2) is 18.3 Å². The van der Waals surface area contributed by atoms with Crippen LogP contribution in [0.4, 0.5) is 5.69 Å². The minimum Gasteiger partial charge on any atom is -0.371 e. The van der Waals surface area contributed by atoms with Crippen molar-refractivity contribution in [3.8, 4) is 0 Å². The minimum absolute atomic E-state index is 0.686. The highest BCUT2D eigenvalue weighted by atomic mass is 15.1. The molecule has 0 amide bonds. The molecule has 1 aliphatic heterocycles. The number of hydrogen-bond donors (Lipinski definition) is 1. The van der Waals surface area contributed by atoms with Gasteiger partial charge in [-0.15, -0.1) is 0 Å². The van der Waals surface area contributed by atoms with Crippen molar-refractivity contribution in [2.24, 2.45) is 11.8 Å². The fraction of sp³-hybridized carbons (Fsp3) is 0.688. The second-order valence-electron chi connectivity index (χ2n) is 6.22. The van der Waals surface area contributed by atoms with Gasteiger partial charge in [0, 0.05) is 31.5 Å². The first kappa shape index (κ1) is 14.3. The van der Waals surface area contributed by atoms with Crippen LogP contribution in [0.3, 0.4) is 0 Å². The van der Waals surface area contributed by atoms with E-state index in [0.29, 0.717) is 5.92 Å². The van der Waals surface area contributed by atoms with Gasteiger partial charge in [-0.25, -0.2) is 0 Å². The van der Waals surface area contributed by atoms with Gasteiger partial charge >= 0.3 is 0 Å². The van der Waals surface area contributed by atoms with E-state index in [4.69, 9.17) is 0 Å². The van der Waals surface area contributed by atoms with Crippen molar-refractivity contribution in [1.82, 2.24) is 10.3 Å². The zero-order chi connectivity index (χ0) is 13.7. The largest absolute Gasteiger partial charge is 0.371 e. The van der Waals surface area contributed by atoms with Gasteiger partial charge in [-0.05, 0) is 43.4 Å². The van der Waals surface area contributed by atoms with Crippen LogP contribution in [0.5, 0.6) is 0 Å². The van der Waals surface area contributed by atoms with E-state index < -0.39 is 0 Å². The summed E-state index contributed by atoms with van der Waals surface area (Å²) in [5.41, 5.74) is 2.49. The Morgan fingerprint density at radius 1 is 1.47 bits per heavy atom. The van der Waals surface area contributed by atoms with Gasteiger partial charge < -0.3 is 10.2 Å². The van der Waals surface area contributed by atoms with E-state index in [-0.39, 0.29) is 0 Å². The molecule has 1 aromatic heterocycles. The number of aromatic nitrogens is 1. The molecular weight excluding hydrogens is 234 g/mol. The average molecular weight is 261 g/mol. The van der Waals surface area contributed by atoms with Crippen LogP contribution in [0.25, 0.3) is 0 Å². The van der Waals surface area contributed by atoms with Crippen molar-refractivity contribution in [1.29, 1.82) is 0 Å². The molecule has 0 aromatic carbocycles. The molecule has 2 heterocycles. The van der Waals surface area contributed by atoms with Gasteiger partial charge in [-0.3, -0.25) is 4.98 Å². The molecule has 1 aromatic rings. The molecule has 2 rings (SSSR count). The van der Waals surface area contributed by atoms with Crippen LogP contribution in [0, 0.1) is 11.8 Å². The SMILES string of the molecule is CC(C)CNCc1cc(N2CCCC(C)C2)ccn1. The highest BCUT2D eigenvalue weighted by Gasteiger charge is 2.16. The summed E-state index contributed by atoms with van der Waals surface area (Å²) in [4.78, 5) is 6.96. The predicted octanol–water partition coefficient (Wildman–Crippen LogP) is 3.06. The zero-order valence-corrected chi connectivity index (χ0v) is 12.5. The molecule has 1 aliphatic rings. The minimum atomic E-state index is 0.686. The van der Waals surface area contributed by atoms with Crippen molar-refractivity contribution >= 4 is 5.69 Å². The molecule has 106 valence electrons. The fourth-order valence-electron chi connectivity index (χ4n) is 2.67. The molecule has 19 heavy (non-hydrogen) atoms. The Kier molecular flexibility index (Phi) is 5.20. The monoisotopic (exact) mass is 261 g/mol. The molecule has 1 atom stereocenters. The maximum atomic E-state index is 4.46. The Morgan fingerprint density at radius 3 is 3.05 bits per heavy atom. The van der Waals surface area contributed by atoms with Gasteiger partial charge in [0.25, 0.3) is 0 Å². The lowest BCUT2D eigenvalue weighted by atomic mass is 10.00. The average Bonchev–Trinajstić information content (AvgIpc) is 2.39. The third kappa shape index (κ3) is 4.50. The Morgan fingerprint density at radius 2 is 2.32 bits per heavy atom. The topological polar surface area (TPSA) is 28.2 Å². The number of hydrogen-bond acceptors (Lipinski definition) is 3. The summed E-state index contributed by atoms with van der Waals surface area (Å²) in [7, 11) is 0. The number of rotatable bonds is 5. The molecule has 1 fully saturated rings. The highest BCUT2D eigenvalue weighted by Crippen LogP contribution is 2.22. The molecule has 0 aliphatic carbocycles. The first-order valence-electron chi connectivity index (χ1n) is 7.55. The quantitative estimate of drug-likeness (QED) is 0.883. The van der Waals surface area contributed by atoms with E-state index >= 15 is 0 Å². The normalized spacial score (nSPS) is 20.0. The van der Waals surface area contributed by atoms with Crippen LogP contribution in [0.2, 0.25) is 0 Å². The van der Waals surface area contributed by atoms with E-state index in [1.54, 1.807) is 0 Å². The standard InChI is InChI=1S/C16H27N3/c1-13(2)10-17-11-15-9-16(6-7-18-15)19-8-4-5-14(3)12-19/h6-7,9,13-14,17H,4-5,8,10-12H2,1-3H3. The zero-order valence-electron chi connectivity index (χ0n) is 12.5. The van der Waals surface area contributed by atoms with E-state index in [9.17, 15) is 0 Å². The highest BCUT2D eigenvalue weighted by molar-refractivity contribution is 5.46. The summed E-state index contributed by atoms with van der Waals surface area (Å²) in [6.07, 6.45) is 4.62. The first-order valence-corrected chi connectivity index (χ1v) is 7.55. The number of nitrogens with one attached hydrogen (secondary N) is 1. The van der Waals surface area contributed by atoms with Crippen molar-refractivity contribution in [2.45, 2.75) is 40.2 Å². The Labute approximate surface area is 117 Å². The third-order valence-corrected chi connectivity index (χ3v) is 3.68. The molecule has 1 saturated heterocycles. The summed E-state index contributed by atoms with van der Waals surface area (Å²) in [6, 6.07) is 4.38. The van der Waals surface area contributed by atoms with Crippen LogP contribution >= 0.6 is 0 Å². The van der Waals surface area contributed by atoms with E-state index in [0.717, 1.165) is 24.7 Å². The van der Waals surface area contributed by atoms with Crippen molar-refractivity contribution in [3.05, 3.63) is 24.0 Å². The predicted molar refractivity (Wildman–Crippen MR) is 81.4 cm³/mol. The lowest BCUT2D eigenvalue weighted by molar-refractivity contribution is 0.446. The number of piperidine rings is 1. The van der Waals surface area contributed by atoms with Crippen molar-refractivity contribution < 1.29 is 0 Å². The molecule has 0 spiro atoms. The van der Waals surface area contributed by atoms with Crippen molar-refractivity contribution in [3.63, 3.8) is 0 Å². The second kappa shape index (κ2) is 6.90. The molecule has 0 bridgehead atoms. The summed E-state index contributed by atoms with van der Waals surface area (Å²) in [5.74, 6) is 1.50. The summed E-state index contributed by atoms with van der Waals surface area (Å²) in [5, 5.41) is 3.46. The van der Waals surface area contributed by atoms with E-state index in [1.165, 1.54) is 31.6 Å². The van der Waals surface area contributed by atoms with Crippen LogP contribution in [0.1, 0.15) is 39.3 Å². The van der Waals surface area contributed by atoms with Gasteiger partial charge in [0.05, 0.1) is 5.69 Å². The molecular formula is C16H27N3. The van der Waals surface area contributed by atoms with Crippen molar-refractivity contribution in [2.75, 3.05) is 24.5 Å². The Bertz CT molecular complexity index is 389. The smallest absolute Gasteiger partial charge is 0.0562 e. The van der Waals surface area contributed by atoms with Crippen LogP contribution in [-0.4, -0.2) is 24.6 Å². The van der Waals surface area contributed by atoms with Crippen LogP contribution in [-0.2, 0) is 6.54 Å². The number of anilines is 1. The first-order chi connectivity index (χ1) is 9.15. The Balaban J connectivity index is 1.94.